The van der Waals surface area contributed by atoms with Gasteiger partial charge in [-0.05, 0) is 56.3 Å². The lowest BCUT2D eigenvalue weighted by Crippen LogP contribution is -2.41. The monoisotopic (exact) mass is 471 g/mol. The Hall–Kier alpha value is -4.66. The van der Waals surface area contributed by atoms with E-state index in [4.69, 9.17) is 9.47 Å². The first-order valence-corrected chi connectivity index (χ1v) is 11.0. The summed E-state index contributed by atoms with van der Waals surface area (Å²) in [5, 5.41) is 4.59. The SMILES string of the molecule is COc1cc(C(=O)NNC(=O)c2cn(-c3ccccc3)nc2-c2cccnc2)ccc1OC(C)C. The summed E-state index contributed by atoms with van der Waals surface area (Å²) < 4.78 is 12.6. The molecule has 178 valence electrons. The maximum Gasteiger partial charge on any atom is 0.273 e. The van der Waals surface area contributed by atoms with E-state index in [1.54, 1.807) is 47.5 Å². The molecule has 0 fully saturated rings. The standard InChI is InChI=1S/C26H25N5O4/c1-17(2)35-22-12-11-18(14-23(22)34-3)25(32)28-29-26(33)21-16-31(20-9-5-4-6-10-20)30-24(21)19-8-7-13-27-15-19/h4-17H,1-3H3,(H,28,32)(H,29,33). The quantitative estimate of drug-likeness (QED) is 0.397. The summed E-state index contributed by atoms with van der Waals surface area (Å²) in [6, 6.07) is 17.8. The van der Waals surface area contributed by atoms with Gasteiger partial charge in [-0.2, -0.15) is 5.10 Å². The van der Waals surface area contributed by atoms with Crippen molar-refractivity contribution in [1.29, 1.82) is 0 Å². The normalized spacial score (nSPS) is 10.6. The molecular weight excluding hydrogens is 446 g/mol. The van der Waals surface area contributed by atoms with E-state index in [0.29, 0.717) is 28.3 Å². The van der Waals surface area contributed by atoms with Crippen molar-refractivity contribution < 1.29 is 19.1 Å². The van der Waals surface area contributed by atoms with Crippen molar-refractivity contribution in [2.24, 2.45) is 0 Å². The van der Waals surface area contributed by atoms with E-state index in [0.717, 1.165) is 5.69 Å². The number of rotatable bonds is 7. The largest absolute Gasteiger partial charge is 0.493 e. The van der Waals surface area contributed by atoms with E-state index in [9.17, 15) is 9.59 Å². The maximum atomic E-state index is 13.1. The van der Waals surface area contributed by atoms with Gasteiger partial charge in [0.25, 0.3) is 11.8 Å². The molecule has 0 aliphatic carbocycles. The van der Waals surface area contributed by atoms with E-state index >= 15 is 0 Å². The van der Waals surface area contributed by atoms with Crippen molar-refractivity contribution in [3.63, 3.8) is 0 Å². The van der Waals surface area contributed by atoms with Crippen LogP contribution in [0.4, 0.5) is 0 Å². The van der Waals surface area contributed by atoms with E-state index in [-0.39, 0.29) is 11.7 Å². The van der Waals surface area contributed by atoms with Gasteiger partial charge in [0.15, 0.2) is 11.5 Å². The molecule has 2 heterocycles. The Morgan fingerprint density at radius 2 is 1.71 bits per heavy atom. The molecule has 9 nitrogen and oxygen atoms in total. The Kier molecular flexibility index (Phi) is 7.06. The van der Waals surface area contributed by atoms with Crippen LogP contribution in [-0.4, -0.2) is 39.8 Å². The van der Waals surface area contributed by atoms with Gasteiger partial charge in [0.05, 0.1) is 24.5 Å². The number of hydrogen-bond acceptors (Lipinski definition) is 6. The molecule has 9 heteroatoms. The lowest BCUT2D eigenvalue weighted by molar-refractivity contribution is 0.0846. The number of pyridine rings is 1. The molecule has 0 radical (unpaired) electrons. The molecular formula is C26H25N5O4. The highest BCUT2D eigenvalue weighted by Crippen LogP contribution is 2.29. The molecule has 4 aromatic rings. The third-order valence-corrected chi connectivity index (χ3v) is 4.99. The number of hydrazine groups is 1. The van der Waals surface area contributed by atoms with Gasteiger partial charge in [0.1, 0.15) is 5.69 Å². The van der Waals surface area contributed by atoms with Crippen LogP contribution in [0.5, 0.6) is 11.5 Å². The van der Waals surface area contributed by atoms with Crippen molar-refractivity contribution in [2.45, 2.75) is 20.0 Å². The summed E-state index contributed by atoms with van der Waals surface area (Å²) in [4.78, 5) is 29.9. The van der Waals surface area contributed by atoms with Crippen molar-refractivity contribution in [3.8, 4) is 28.4 Å². The Morgan fingerprint density at radius 3 is 2.40 bits per heavy atom. The van der Waals surface area contributed by atoms with Gasteiger partial charge < -0.3 is 9.47 Å². The number of para-hydroxylation sites is 1. The smallest absolute Gasteiger partial charge is 0.273 e. The zero-order valence-corrected chi connectivity index (χ0v) is 19.6. The molecule has 0 aliphatic rings. The molecule has 0 aliphatic heterocycles. The van der Waals surface area contributed by atoms with Crippen LogP contribution in [0.1, 0.15) is 34.6 Å². The molecule has 4 rings (SSSR count). The first kappa shape index (κ1) is 23.5. The number of amides is 2. The molecule has 35 heavy (non-hydrogen) atoms. The summed E-state index contributed by atoms with van der Waals surface area (Å²) in [7, 11) is 1.50. The van der Waals surface area contributed by atoms with Crippen LogP contribution in [0.25, 0.3) is 16.9 Å². The zero-order valence-electron chi connectivity index (χ0n) is 19.6. The van der Waals surface area contributed by atoms with Gasteiger partial charge in [-0.25, -0.2) is 4.68 Å². The van der Waals surface area contributed by atoms with Crippen LogP contribution >= 0.6 is 0 Å². The van der Waals surface area contributed by atoms with Crippen molar-refractivity contribution >= 4 is 11.8 Å². The number of carbonyl (C=O) groups is 2. The van der Waals surface area contributed by atoms with Crippen LogP contribution in [0.2, 0.25) is 0 Å². The van der Waals surface area contributed by atoms with Gasteiger partial charge in [0.2, 0.25) is 0 Å². The topological polar surface area (TPSA) is 107 Å². The van der Waals surface area contributed by atoms with Crippen molar-refractivity contribution in [1.82, 2.24) is 25.6 Å². The maximum absolute atomic E-state index is 13.1. The fraction of sp³-hybridized carbons (Fsp3) is 0.154. The van der Waals surface area contributed by atoms with Gasteiger partial charge in [-0.1, -0.05) is 18.2 Å². The number of nitrogens with zero attached hydrogens (tertiary/aromatic N) is 3. The Labute approximate surface area is 202 Å². The molecule has 2 amide bonds. The minimum absolute atomic E-state index is 0.0475. The van der Waals surface area contributed by atoms with E-state index < -0.39 is 11.8 Å². The zero-order chi connectivity index (χ0) is 24.8. The summed E-state index contributed by atoms with van der Waals surface area (Å²) in [5.74, 6) is -0.0876. The van der Waals surface area contributed by atoms with Crippen LogP contribution in [-0.2, 0) is 0 Å². The number of methoxy groups -OCH3 is 1. The minimum atomic E-state index is -0.522. The highest BCUT2D eigenvalue weighted by molar-refractivity contribution is 6.02. The van der Waals surface area contributed by atoms with Gasteiger partial charge in [0, 0.05) is 29.7 Å². The van der Waals surface area contributed by atoms with Gasteiger partial charge in [-0.3, -0.25) is 25.4 Å². The average molecular weight is 472 g/mol. The Balaban J connectivity index is 1.55. The van der Waals surface area contributed by atoms with E-state index in [1.165, 1.54) is 7.11 Å². The third kappa shape index (κ3) is 5.47. The molecule has 0 bridgehead atoms. The predicted molar refractivity (Wildman–Crippen MR) is 130 cm³/mol. The molecule has 2 N–H and O–H groups in total. The molecule has 0 saturated carbocycles. The van der Waals surface area contributed by atoms with Crippen LogP contribution in [0, 0.1) is 0 Å². The van der Waals surface area contributed by atoms with Crippen molar-refractivity contribution in [2.75, 3.05) is 7.11 Å². The minimum Gasteiger partial charge on any atom is -0.493 e. The fourth-order valence-electron chi connectivity index (χ4n) is 3.38. The molecule has 0 saturated heterocycles. The second-order valence-electron chi connectivity index (χ2n) is 7.85. The van der Waals surface area contributed by atoms with Gasteiger partial charge in [-0.15, -0.1) is 0 Å². The number of nitrogens with one attached hydrogen (secondary N) is 2. The van der Waals surface area contributed by atoms with Crippen LogP contribution in [0.15, 0.2) is 79.3 Å². The lowest BCUT2D eigenvalue weighted by atomic mass is 10.1. The van der Waals surface area contributed by atoms with Crippen LogP contribution in [0.3, 0.4) is 0 Å². The molecule has 0 atom stereocenters. The summed E-state index contributed by atoms with van der Waals surface area (Å²) >= 11 is 0. The number of aromatic nitrogens is 3. The third-order valence-electron chi connectivity index (χ3n) is 4.99. The number of carbonyl (C=O) groups excluding carboxylic acids is 2. The van der Waals surface area contributed by atoms with Crippen molar-refractivity contribution in [3.05, 3.63) is 90.4 Å². The lowest BCUT2D eigenvalue weighted by Gasteiger charge is -2.14. The fourth-order valence-corrected chi connectivity index (χ4v) is 3.38. The second kappa shape index (κ2) is 10.5. The van der Waals surface area contributed by atoms with Gasteiger partial charge >= 0.3 is 0 Å². The van der Waals surface area contributed by atoms with E-state index in [2.05, 4.69) is 20.9 Å². The first-order valence-electron chi connectivity index (χ1n) is 11.0. The molecule has 2 aromatic heterocycles. The second-order valence-corrected chi connectivity index (χ2v) is 7.85. The first-order chi connectivity index (χ1) is 17.0. The summed E-state index contributed by atoms with van der Waals surface area (Å²) in [5.41, 5.74) is 7.39. The number of ether oxygens (including phenoxy) is 2. The number of hydrogen-bond donors (Lipinski definition) is 2. The Bertz CT molecular complexity index is 1320. The summed E-state index contributed by atoms with van der Waals surface area (Å²) in [6.45, 7) is 3.80. The molecule has 0 spiro atoms. The van der Waals surface area contributed by atoms with Crippen LogP contribution < -0.4 is 20.3 Å². The summed E-state index contributed by atoms with van der Waals surface area (Å²) in [6.07, 6.45) is 4.83. The highest BCUT2D eigenvalue weighted by atomic mass is 16.5. The number of benzene rings is 2. The molecule has 0 unspecified atom stereocenters. The van der Waals surface area contributed by atoms with E-state index in [1.807, 2.05) is 50.2 Å². The highest BCUT2D eigenvalue weighted by Gasteiger charge is 2.20. The predicted octanol–water partition coefficient (Wildman–Crippen LogP) is 3.80. The molecule has 2 aromatic carbocycles. The average Bonchev–Trinajstić information content (AvgIpc) is 3.34. The Morgan fingerprint density at radius 1 is 0.943 bits per heavy atom.